The molecular formula is C14H18N4O. The van der Waals surface area contributed by atoms with Gasteiger partial charge in [0.05, 0.1) is 11.7 Å². The van der Waals surface area contributed by atoms with E-state index >= 15 is 0 Å². The van der Waals surface area contributed by atoms with Gasteiger partial charge in [-0.2, -0.15) is 5.10 Å². The van der Waals surface area contributed by atoms with Crippen LogP contribution in [0.15, 0.2) is 36.5 Å². The molecule has 1 aliphatic rings. The molecule has 0 saturated carbocycles. The number of hydrogen-bond donors (Lipinski definition) is 2. The summed E-state index contributed by atoms with van der Waals surface area (Å²) in [6.45, 7) is 0. The second-order valence-corrected chi connectivity index (χ2v) is 4.93. The molecule has 3 rings (SSSR count). The maximum Gasteiger partial charge on any atom is 0.123 e. The number of nitrogens with zero attached hydrogens (tertiary/aromatic N) is 2. The molecule has 100 valence electrons. The fraction of sp³-hybridized carbons (Fsp3) is 0.357. The van der Waals surface area contributed by atoms with E-state index in [1.165, 1.54) is 5.56 Å². The van der Waals surface area contributed by atoms with Gasteiger partial charge in [0.15, 0.2) is 0 Å². The van der Waals surface area contributed by atoms with E-state index in [1.807, 2.05) is 37.5 Å². The maximum atomic E-state index is 5.96. The number of aryl methyl sites for hydroxylation is 1. The first-order valence-corrected chi connectivity index (χ1v) is 6.45. The highest BCUT2D eigenvalue weighted by atomic mass is 16.5. The van der Waals surface area contributed by atoms with Crippen molar-refractivity contribution in [3.8, 4) is 5.75 Å². The number of hydrazine groups is 1. The zero-order valence-electron chi connectivity index (χ0n) is 10.9. The second-order valence-electron chi connectivity index (χ2n) is 4.93. The van der Waals surface area contributed by atoms with Gasteiger partial charge in [-0.15, -0.1) is 0 Å². The standard InChI is InChI=1S/C14H18N4O/c1-18-7-6-11(17-18)9-12(16-15)14-8-10-4-2-3-5-13(10)19-14/h2-7,12,14,16H,8-9,15H2,1H3. The molecule has 0 fully saturated rings. The SMILES string of the molecule is Cn1ccc(CC(NN)C2Cc3ccccc3O2)n1. The van der Waals surface area contributed by atoms with Crippen molar-refractivity contribution in [3.63, 3.8) is 0 Å². The van der Waals surface area contributed by atoms with Gasteiger partial charge in [-0.05, 0) is 17.7 Å². The van der Waals surface area contributed by atoms with Crippen LogP contribution in [-0.4, -0.2) is 21.9 Å². The Morgan fingerprint density at radius 3 is 3.00 bits per heavy atom. The molecule has 0 aliphatic carbocycles. The Kier molecular flexibility index (Phi) is 3.23. The van der Waals surface area contributed by atoms with Crippen molar-refractivity contribution in [2.24, 2.45) is 12.9 Å². The molecule has 5 heteroatoms. The summed E-state index contributed by atoms with van der Waals surface area (Å²) in [5, 5.41) is 4.38. The normalized spacial score (nSPS) is 18.9. The van der Waals surface area contributed by atoms with Crippen LogP contribution in [0.4, 0.5) is 0 Å². The molecule has 1 aliphatic heterocycles. The van der Waals surface area contributed by atoms with E-state index < -0.39 is 0 Å². The quantitative estimate of drug-likeness (QED) is 0.629. The van der Waals surface area contributed by atoms with E-state index in [4.69, 9.17) is 10.6 Å². The van der Waals surface area contributed by atoms with Gasteiger partial charge in [-0.3, -0.25) is 16.0 Å². The minimum atomic E-state index is 0.0577. The number of ether oxygens (including phenoxy) is 1. The molecule has 1 aromatic carbocycles. The molecule has 2 atom stereocenters. The minimum absolute atomic E-state index is 0.0577. The highest BCUT2D eigenvalue weighted by molar-refractivity contribution is 5.37. The lowest BCUT2D eigenvalue weighted by atomic mass is 10.0. The Labute approximate surface area is 112 Å². The summed E-state index contributed by atoms with van der Waals surface area (Å²) in [7, 11) is 1.91. The third-order valence-electron chi connectivity index (χ3n) is 3.53. The fourth-order valence-electron chi connectivity index (χ4n) is 2.53. The molecule has 1 aromatic heterocycles. The van der Waals surface area contributed by atoms with Crippen LogP contribution in [0.1, 0.15) is 11.3 Å². The third-order valence-corrected chi connectivity index (χ3v) is 3.53. The van der Waals surface area contributed by atoms with Crippen molar-refractivity contribution >= 4 is 0 Å². The molecule has 2 aromatic rings. The average molecular weight is 258 g/mol. The fourth-order valence-corrected chi connectivity index (χ4v) is 2.53. The number of benzene rings is 1. The Hall–Kier alpha value is -1.85. The topological polar surface area (TPSA) is 65.1 Å². The number of nitrogens with two attached hydrogens (primary N) is 1. The van der Waals surface area contributed by atoms with Gasteiger partial charge in [0, 0.05) is 26.1 Å². The Balaban J connectivity index is 1.71. The smallest absolute Gasteiger partial charge is 0.123 e. The zero-order chi connectivity index (χ0) is 13.2. The van der Waals surface area contributed by atoms with Crippen LogP contribution in [0, 0.1) is 0 Å². The van der Waals surface area contributed by atoms with Crippen molar-refractivity contribution in [2.45, 2.75) is 25.0 Å². The Morgan fingerprint density at radius 1 is 1.47 bits per heavy atom. The summed E-state index contributed by atoms with van der Waals surface area (Å²) < 4.78 is 7.76. The van der Waals surface area contributed by atoms with Crippen molar-refractivity contribution < 1.29 is 4.74 Å². The first kappa shape index (κ1) is 12.2. The Morgan fingerprint density at radius 2 is 2.32 bits per heavy atom. The van der Waals surface area contributed by atoms with Crippen LogP contribution in [0.3, 0.4) is 0 Å². The molecule has 3 N–H and O–H groups in total. The molecule has 0 bridgehead atoms. The van der Waals surface area contributed by atoms with Gasteiger partial charge < -0.3 is 4.74 Å². The van der Waals surface area contributed by atoms with E-state index in [9.17, 15) is 0 Å². The zero-order valence-corrected chi connectivity index (χ0v) is 10.9. The summed E-state index contributed by atoms with van der Waals surface area (Å²) in [4.78, 5) is 0. The first-order valence-electron chi connectivity index (χ1n) is 6.45. The molecule has 5 nitrogen and oxygen atoms in total. The summed E-state index contributed by atoms with van der Waals surface area (Å²) >= 11 is 0. The predicted octanol–water partition coefficient (Wildman–Crippen LogP) is 0.798. The van der Waals surface area contributed by atoms with Crippen LogP contribution in [0.2, 0.25) is 0 Å². The van der Waals surface area contributed by atoms with Gasteiger partial charge >= 0.3 is 0 Å². The van der Waals surface area contributed by atoms with E-state index in [2.05, 4.69) is 16.6 Å². The molecule has 0 radical (unpaired) electrons. The molecule has 2 heterocycles. The molecular weight excluding hydrogens is 240 g/mol. The number of aromatic nitrogens is 2. The van der Waals surface area contributed by atoms with Crippen LogP contribution in [0.25, 0.3) is 0 Å². The van der Waals surface area contributed by atoms with Crippen LogP contribution < -0.4 is 16.0 Å². The monoisotopic (exact) mass is 258 g/mol. The maximum absolute atomic E-state index is 5.96. The van der Waals surface area contributed by atoms with Gasteiger partial charge in [-0.25, -0.2) is 0 Å². The summed E-state index contributed by atoms with van der Waals surface area (Å²) in [5.74, 6) is 6.64. The van der Waals surface area contributed by atoms with E-state index in [0.29, 0.717) is 0 Å². The van der Waals surface area contributed by atoms with Crippen LogP contribution in [-0.2, 0) is 19.9 Å². The summed E-state index contributed by atoms with van der Waals surface area (Å²) in [5.41, 5.74) is 5.13. The average Bonchev–Trinajstić information content (AvgIpc) is 3.01. The summed E-state index contributed by atoms with van der Waals surface area (Å²) in [6.07, 6.45) is 3.64. The van der Waals surface area contributed by atoms with E-state index in [0.717, 1.165) is 24.3 Å². The number of para-hydroxylation sites is 1. The summed E-state index contributed by atoms with van der Waals surface area (Å²) in [6, 6.07) is 10.2. The lowest BCUT2D eigenvalue weighted by Crippen LogP contribution is -2.47. The van der Waals surface area contributed by atoms with Gasteiger partial charge in [0.1, 0.15) is 11.9 Å². The molecule has 2 unspecified atom stereocenters. The number of rotatable bonds is 4. The third kappa shape index (κ3) is 2.47. The van der Waals surface area contributed by atoms with E-state index in [-0.39, 0.29) is 12.1 Å². The lowest BCUT2D eigenvalue weighted by molar-refractivity contribution is 0.177. The largest absolute Gasteiger partial charge is 0.488 e. The molecule has 0 saturated heterocycles. The highest BCUT2D eigenvalue weighted by Crippen LogP contribution is 2.29. The number of hydrogen-bond acceptors (Lipinski definition) is 4. The number of fused-ring (bicyclic) bond motifs is 1. The van der Waals surface area contributed by atoms with Gasteiger partial charge in [0.2, 0.25) is 0 Å². The van der Waals surface area contributed by atoms with Crippen LogP contribution >= 0.6 is 0 Å². The second kappa shape index (κ2) is 5.03. The van der Waals surface area contributed by atoms with E-state index in [1.54, 1.807) is 4.68 Å². The molecule has 0 spiro atoms. The molecule has 19 heavy (non-hydrogen) atoms. The minimum Gasteiger partial charge on any atom is -0.488 e. The predicted molar refractivity (Wildman–Crippen MR) is 72.6 cm³/mol. The highest BCUT2D eigenvalue weighted by Gasteiger charge is 2.30. The number of nitrogens with one attached hydrogen (secondary N) is 1. The lowest BCUT2D eigenvalue weighted by Gasteiger charge is -2.21. The van der Waals surface area contributed by atoms with Crippen LogP contribution in [0.5, 0.6) is 5.75 Å². The van der Waals surface area contributed by atoms with Gasteiger partial charge in [-0.1, -0.05) is 18.2 Å². The first-order chi connectivity index (χ1) is 9.26. The van der Waals surface area contributed by atoms with Crippen molar-refractivity contribution in [1.29, 1.82) is 0 Å². The van der Waals surface area contributed by atoms with Crippen molar-refractivity contribution in [1.82, 2.24) is 15.2 Å². The van der Waals surface area contributed by atoms with Crippen molar-refractivity contribution in [2.75, 3.05) is 0 Å². The van der Waals surface area contributed by atoms with Crippen molar-refractivity contribution in [3.05, 3.63) is 47.8 Å². The van der Waals surface area contributed by atoms with Gasteiger partial charge in [0.25, 0.3) is 0 Å². The molecule has 0 amide bonds. The Bertz CT molecular complexity index is 541.